The maximum atomic E-state index is 5.94. The summed E-state index contributed by atoms with van der Waals surface area (Å²) in [6.45, 7) is 1.90. The first-order valence-electron chi connectivity index (χ1n) is 6.05. The van der Waals surface area contributed by atoms with Crippen LogP contribution in [-0.2, 0) is 5.75 Å². The fourth-order valence-electron chi connectivity index (χ4n) is 1.88. The van der Waals surface area contributed by atoms with Crippen molar-refractivity contribution in [2.24, 2.45) is 0 Å². The Kier molecular flexibility index (Phi) is 3.80. The molecular weight excluding hydrogens is 292 g/mol. The first-order chi connectivity index (χ1) is 9.72. The largest absolute Gasteiger partial charge is 0.237 e. The number of fused-ring (bicyclic) bond motifs is 1. The van der Waals surface area contributed by atoms with Gasteiger partial charge in [0.25, 0.3) is 0 Å². The van der Waals surface area contributed by atoms with Crippen LogP contribution in [0.3, 0.4) is 0 Å². The summed E-state index contributed by atoms with van der Waals surface area (Å²) in [5.41, 5.74) is 1.81. The third-order valence-corrected chi connectivity index (χ3v) is 3.91. The van der Waals surface area contributed by atoms with Gasteiger partial charge < -0.3 is 0 Å². The normalized spacial score (nSPS) is 10.9. The quantitative estimate of drug-likeness (QED) is 0.546. The van der Waals surface area contributed by atoms with E-state index >= 15 is 0 Å². The Morgan fingerprint density at radius 1 is 1.15 bits per heavy atom. The lowest BCUT2D eigenvalue weighted by molar-refractivity contribution is 0.992. The lowest BCUT2D eigenvalue weighted by atomic mass is 10.2. The number of benzene rings is 1. The molecule has 0 saturated carbocycles. The highest BCUT2D eigenvalue weighted by Gasteiger charge is 2.06. The molecule has 0 atom stereocenters. The zero-order valence-corrected chi connectivity index (χ0v) is 12.3. The molecule has 0 N–H and O–H groups in total. The number of halogens is 1. The second kappa shape index (κ2) is 5.73. The zero-order valence-electron chi connectivity index (χ0n) is 10.7. The molecule has 20 heavy (non-hydrogen) atoms. The van der Waals surface area contributed by atoms with Gasteiger partial charge in [-0.2, -0.15) is 0 Å². The molecule has 100 valence electrons. The van der Waals surface area contributed by atoms with E-state index in [4.69, 9.17) is 11.6 Å². The van der Waals surface area contributed by atoms with E-state index in [9.17, 15) is 0 Å². The van der Waals surface area contributed by atoms with Crippen molar-refractivity contribution in [3.8, 4) is 0 Å². The van der Waals surface area contributed by atoms with E-state index in [-0.39, 0.29) is 0 Å². The minimum absolute atomic E-state index is 0.473. The van der Waals surface area contributed by atoms with Crippen LogP contribution >= 0.6 is 23.4 Å². The lowest BCUT2D eigenvalue weighted by Crippen LogP contribution is -1.96. The van der Waals surface area contributed by atoms with Crippen LogP contribution in [-0.4, -0.2) is 19.9 Å². The summed E-state index contributed by atoms with van der Waals surface area (Å²) >= 11 is 7.53. The monoisotopic (exact) mass is 302 g/mol. The number of hydrogen-bond acceptors (Lipinski definition) is 5. The van der Waals surface area contributed by atoms with E-state index in [1.54, 1.807) is 24.2 Å². The van der Waals surface area contributed by atoms with E-state index < -0.39 is 0 Å². The molecule has 0 saturated heterocycles. The molecule has 2 aromatic heterocycles. The van der Waals surface area contributed by atoms with E-state index in [0.717, 1.165) is 21.6 Å². The van der Waals surface area contributed by atoms with E-state index in [1.165, 1.54) is 0 Å². The van der Waals surface area contributed by atoms with Gasteiger partial charge in [-0.3, -0.25) is 0 Å². The number of aromatic nitrogens is 4. The van der Waals surface area contributed by atoms with Gasteiger partial charge in [-0.25, -0.2) is 19.9 Å². The summed E-state index contributed by atoms with van der Waals surface area (Å²) < 4.78 is 0. The number of para-hydroxylation sites is 1. The van der Waals surface area contributed by atoms with Gasteiger partial charge in [-0.1, -0.05) is 41.6 Å². The van der Waals surface area contributed by atoms with Gasteiger partial charge in [-0.05, 0) is 19.1 Å². The van der Waals surface area contributed by atoms with Crippen LogP contribution < -0.4 is 0 Å². The molecule has 0 bridgehead atoms. The Morgan fingerprint density at radius 3 is 2.85 bits per heavy atom. The molecule has 3 aromatic rings. The van der Waals surface area contributed by atoms with Crippen LogP contribution in [0.5, 0.6) is 0 Å². The minimum atomic E-state index is 0.473. The molecule has 0 fully saturated rings. The lowest BCUT2D eigenvalue weighted by Gasteiger charge is -2.04. The minimum Gasteiger partial charge on any atom is -0.237 e. The number of hydrogen-bond donors (Lipinski definition) is 0. The van der Waals surface area contributed by atoms with Crippen molar-refractivity contribution in [2.75, 3.05) is 0 Å². The molecule has 3 rings (SSSR count). The average Bonchev–Trinajstić information content (AvgIpc) is 2.44. The van der Waals surface area contributed by atoms with Crippen LogP contribution in [0, 0.1) is 6.92 Å². The van der Waals surface area contributed by atoms with Gasteiger partial charge in [0.05, 0.1) is 11.3 Å². The Bertz CT molecular complexity index is 738. The third kappa shape index (κ3) is 2.89. The summed E-state index contributed by atoms with van der Waals surface area (Å²) in [5, 5.41) is 2.44. The van der Waals surface area contributed by atoms with Crippen molar-refractivity contribution in [2.45, 2.75) is 17.7 Å². The Hall–Kier alpha value is -1.72. The highest BCUT2D eigenvalue weighted by atomic mass is 35.5. The van der Waals surface area contributed by atoms with Crippen LogP contribution in [0.25, 0.3) is 10.9 Å². The van der Waals surface area contributed by atoms with Crippen molar-refractivity contribution in [1.29, 1.82) is 0 Å². The van der Waals surface area contributed by atoms with Gasteiger partial charge in [0.2, 0.25) is 0 Å². The van der Waals surface area contributed by atoms with Gasteiger partial charge in [-0.15, -0.1) is 0 Å². The third-order valence-electron chi connectivity index (χ3n) is 2.71. The summed E-state index contributed by atoms with van der Waals surface area (Å²) in [4.78, 5) is 17.2. The smallest absolute Gasteiger partial charge is 0.140 e. The maximum absolute atomic E-state index is 5.94. The van der Waals surface area contributed by atoms with Crippen molar-refractivity contribution >= 4 is 34.3 Å². The fourth-order valence-corrected chi connectivity index (χ4v) is 2.98. The topological polar surface area (TPSA) is 51.6 Å². The van der Waals surface area contributed by atoms with E-state index in [0.29, 0.717) is 16.7 Å². The molecule has 6 heteroatoms. The van der Waals surface area contributed by atoms with Gasteiger partial charge in [0.15, 0.2) is 0 Å². The van der Waals surface area contributed by atoms with Crippen molar-refractivity contribution in [3.63, 3.8) is 0 Å². The number of aryl methyl sites for hydroxylation is 1. The summed E-state index contributed by atoms with van der Waals surface area (Å²) in [7, 11) is 0. The Balaban J connectivity index is 1.87. The predicted molar refractivity (Wildman–Crippen MR) is 80.9 cm³/mol. The second-order valence-electron chi connectivity index (χ2n) is 4.23. The number of rotatable bonds is 3. The highest BCUT2D eigenvalue weighted by Crippen LogP contribution is 2.26. The van der Waals surface area contributed by atoms with E-state index in [1.807, 2.05) is 31.2 Å². The van der Waals surface area contributed by atoms with Crippen LogP contribution in [0.15, 0.2) is 41.7 Å². The Morgan fingerprint density at radius 2 is 2.00 bits per heavy atom. The highest BCUT2D eigenvalue weighted by molar-refractivity contribution is 7.98. The second-order valence-corrected chi connectivity index (χ2v) is 5.58. The van der Waals surface area contributed by atoms with Crippen molar-refractivity contribution < 1.29 is 0 Å². The summed E-state index contributed by atoms with van der Waals surface area (Å²) in [6.07, 6.45) is 1.58. The van der Waals surface area contributed by atoms with Crippen LogP contribution in [0.2, 0.25) is 5.15 Å². The molecule has 2 heterocycles. The molecule has 0 aliphatic carbocycles. The molecular formula is C14H11ClN4S. The molecule has 0 aliphatic heterocycles. The molecule has 1 aromatic carbocycles. The van der Waals surface area contributed by atoms with E-state index in [2.05, 4.69) is 19.9 Å². The molecule has 0 amide bonds. The summed E-state index contributed by atoms with van der Waals surface area (Å²) in [5.74, 6) is 1.34. The van der Waals surface area contributed by atoms with Crippen LogP contribution in [0.4, 0.5) is 0 Å². The first kappa shape index (κ1) is 13.3. The molecule has 0 spiro atoms. The molecule has 0 aliphatic rings. The first-order valence-corrected chi connectivity index (χ1v) is 7.41. The van der Waals surface area contributed by atoms with Gasteiger partial charge in [0.1, 0.15) is 22.3 Å². The molecule has 4 nitrogen and oxygen atoms in total. The molecule has 0 unspecified atom stereocenters. The predicted octanol–water partition coefficient (Wildman–Crippen LogP) is 3.67. The standard InChI is InChI=1S/C14H11ClN4S/c1-9-6-12(15)19-13(18-9)7-20-14-10-4-2-3-5-11(10)16-8-17-14/h2-6,8H,7H2,1H3. The number of nitrogens with zero attached hydrogens (tertiary/aromatic N) is 4. The number of thioether (sulfide) groups is 1. The average molecular weight is 303 g/mol. The van der Waals surface area contributed by atoms with Crippen molar-refractivity contribution in [3.05, 3.63) is 53.3 Å². The van der Waals surface area contributed by atoms with Crippen LogP contribution in [0.1, 0.15) is 11.5 Å². The Labute approximate surface area is 125 Å². The van der Waals surface area contributed by atoms with Gasteiger partial charge >= 0.3 is 0 Å². The summed E-state index contributed by atoms with van der Waals surface area (Å²) in [6, 6.07) is 9.68. The molecule has 0 radical (unpaired) electrons. The maximum Gasteiger partial charge on any atom is 0.140 e. The zero-order chi connectivity index (χ0) is 13.9. The SMILES string of the molecule is Cc1cc(Cl)nc(CSc2ncnc3ccccc23)n1. The van der Waals surface area contributed by atoms with Crippen molar-refractivity contribution in [1.82, 2.24) is 19.9 Å². The van der Waals surface area contributed by atoms with Gasteiger partial charge in [0, 0.05) is 11.1 Å². The fraction of sp³-hybridized carbons (Fsp3) is 0.143.